The first-order valence-electron chi connectivity index (χ1n) is 10.2. The number of amides is 1. The Kier molecular flexibility index (Phi) is 5.56. The average Bonchev–Trinajstić information content (AvgIpc) is 3.04. The summed E-state index contributed by atoms with van der Waals surface area (Å²) in [5, 5.41) is 1.28. The molecule has 0 spiro atoms. The van der Waals surface area contributed by atoms with Gasteiger partial charge in [0.2, 0.25) is 15.9 Å². The number of anilines is 1. The van der Waals surface area contributed by atoms with E-state index in [1.165, 1.54) is 22.2 Å². The number of hydrogen-bond donors (Lipinski definition) is 2. The van der Waals surface area contributed by atoms with Crippen molar-refractivity contribution < 1.29 is 13.2 Å². The van der Waals surface area contributed by atoms with E-state index in [1.54, 1.807) is 18.2 Å². The highest BCUT2D eigenvalue weighted by atomic mass is 32.2. The van der Waals surface area contributed by atoms with Gasteiger partial charge in [-0.2, -0.15) is 0 Å². The standard InChI is InChI=1S/C23H27N3O3S/c1-16-23(19-8-4-6-10-21(19)24-16)17-11-13-26(14-12-17)22(27)15-18-7-3-5-9-20(18)25-30(2,28)29/h3-10,17,24-25H,11-15H2,1-2H3. The Bertz CT molecular complexity index is 1180. The number of sulfonamides is 1. The zero-order valence-corrected chi connectivity index (χ0v) is 18.1. The van der Waals surface area contributed by atoms with Crippen molar-refractivity contribution in [2.75, 3.05) is 24.1 Å². The summed E-state index contributed by atoms with van der Waals surface area (Å²) >= 11 is 0. The summed E-state index contributed by atoms with van der Waals surface area (Å²) in [6.45, 7) is 3.55. The number of fused-ring (bicyclic) bond motifs is 1. The summed E-state index contributed by atoms with van der Waals surface area (Å²) in [5.74, 6) is 0.469. The van der Waals surface area contributed by atoms with Crippen LogP contribution < -0.4 is 4.72 Å². The lowest BCUT2D eigenvalue weighted by Crippen LogP contribution is -2.39. The summed E-state index contributed by atoms with van der Waals surface area (Å²) in [4.78, 5) is 18.3. The summed E-state index contributed by atoms with van der Waals surface area (Å²) in [6, 6.07) is 15.4. The van der Waals surface area contributed by atoms with Crippen molar-refractivity contribution in [1.29, 1.82) is 0 Å². The summed E-state index contributed by atoms with van der Waals surface area (Å²) < 4.78 is 25.7. The molecule has 158 valence electrons. The first-order valence-corrected chi connectivity index (χ1v) is 12.1. The van der Waals surface area contributed by atoms with E-state index in [2.05, 4.69) is 34.8 Å². The predicted octanol–water partition coefficient (Wildman–Crippen LogP) is 3.80. The van der Waals surface area contributed by atoms with E-state index < -0.39 is 10.0 Å². The van der Waals surface area contributed by atoms with Crippen LogP contribution in [0.15, 0.2) is 48.5 Å². The van der Waals surface area contributed by atoms with Crippen molar-refractivity contribution in [3.8, 4) is 0 Å². The number of rotatable bonds is 5. The zero-order valence-electron chi connectivity index (χ0n) is 17.3. The summed E-state index contributed by atoms with van der Waals surface area (Å²) in [6.07, 6.45) is 3.16. The molecular weight excluding hydrogens is 398 g/mol. The molecule has 2 aromatic carbocycles. The molecule has 6 nitrogen and oxygen atoms in total. The van der Waals surface area contributed by atoms with Crippen LogP contribution in [0.3, 0.4) is 0 Å². The maximum absolute atomic E-state index is 12.9. The third kappa shape index (κ3) is 4.36. The second-order valence-corrected chi connectivity index (χ2v) is 9.82. The minimum Gasteiger partial charge on any atom is -0.358 e. The van der Waals surface area contributed by atoms with Crippen LogP contribution >= 0.6 is 0 Å². The molecule has 1 fully saturated rings. The Morgan fingerprint density at radius 3 is 2.50 bits per heavy atom. The second-order valence-electron chi connectivity index (χ2n) is 8.07. The third-order valence-corrected chi connectivity index (χ3v) is 6.44. The van der Waals surface area contributed by atoms with Crippen LogP contribution in [-0.2, 0) is 21.2 Å². The van der Waals surface area contributed by atoms with Gasteiger partial charge in [0.15, 0.2) is 0 Å². The maximum Gasteiger partial charge on any atom is 0.229 e. The van der Waals surface area contributed by atoms with Crippen molar-refractivity contribution in [3.63, 3.8) is 0 Å². The fraction of sp³-hybridized carbons (Fsp3) is 0.348. The fourth-order valence-corrected chi connectivity index (χ4v) is 5.09. The average molecular weight is 426 g/mol. The van der Waals surface area contributed by atoms with E-state index in [0.717, 1.165) is 19.1 Å². The van der Waals surface area contributed by atoms with E-state index in [0.29, 0.717) is 30.3 Å². The molecule has 4 rings (SSSR count). The number of likely N-dealkylation sites (tertiary alicyclic amines) is 1. The Morgan fingerprint density at radius 1 is 1.10 bits per heavy atom. The molecule has 7 heteroatoms. The second kappa shape index (κ2) is 8.14. The molecule has 2 N–H and O–H groups in total. The van der Waals surface area contributed by atoms with Gasteiger partial charge in [-0.15, -0.1) is 0 Å². The summed E-state index contributed by atoms with van der Waals surface area (Å²) in [7, 11) is -3.39. The number of para-hydroxylation sites is 2. The molecule has 0 saturated carbocycles. The molecule has 1 amide bonds. The molecule has 0 unspecified atom stereocenters. The molecule has 1 aromatic heterocycles. The zero-order chi connectivity index (χ0) is 21.3. The highest BCUT2D eigenvalue weighted by Gasteiger charge is 2.27. The van der Waals surface area contributed by atoms with Crippen molar-refractivity contribution in [1.82, 2.24) is 9.88 Å². The van der Waals surface area contributed by atoms with Crippen molar-refractivity contribution >= 4 is 32.5 Å². The Morgan fingerprint density at radius 2 is 1.77 bits per heavy atom. The number of nitrogens with one attached hydrogen (secondary N) is 2. The number of aromatic amines is 1. The lowest BCUT2D eigenvalue weighted by atomic mass is 9.87. The first kappa shape index (κ1) is 20.5. The van der Waals surface area contributed by atoms with Crippen molar-refractivity contribution in [2.45, 2.75) is 32.1 Å². The fourth-order valence-electron chi connectivity index (χ4n) is 4.49. The van der Waals surface area contributed by atoms with Crippen LogP contribution in [0.5, 0.6) is 0 Å². The van der Waals surface area contributed by atoms with Crippen LogP contribution in [0.2, 0.25) is 0 Å². The molecule has 2 heterocycles. The number of carbonyl (C=O) groups excluding carboxylic acids is 1. The van der Waals surface area contributed by atoms with E-state index in [1.807, 2.05) is 17.0 Å². The van der Waals surface area contributed by atoms with Crippen LogP contribution in [0.25, 0.3) is 10.9 Å². The molecule has 1 aliphatic heterocycles. The number of benzene rings is 2. The topological polar surface area (TPSA) is 82.3 Å². The number of hydrogen-bond acceptors (Lipinski definition) is 3. The minimum absolute atomic E-state index is 0.0341. The number of carbonyl (C=O) groups is 1. The van der Waals surface area contributed by atoms with Gasteiger partial charge in [-0.25, -0.2) is 8.42 Å². The number of aryl methyl sites for hydroxylation is 1. The van der Waals surface area contributed by atoms with E-state index >= 15 is 0 Å². The van der Waals surface area contributed by atoms with Gasteiger partial charge < -0.3 is 9.88 Å². The van der Waals surface area contributed by atoms with Gasteiger partial charge in [0, 0.05) is 29.7 Å². The van der Waals surface area contributed by atoms with Gasteiger partial charge in [0.1, 0.15) is 0 Å². The molecule has 0 bridgehead atoms. The monoisotopic (exact) mass is 425 g/mol. The number of nitrogens with zero attached hydrogens (tertiary/aromatic N) is 1. The quantitative estimate of drug-likeness (QED) is 0.652. The van der Waals surface area contributed by atoms with Gasteiger partial charge in [-0.3, -0.25) is 9.52 Å². The van der Waals surface area contributed by atoms with Crippen LogP contribution in [0.4, 0.5) is 5.69 Å². The maximum atomic E-state index is 12.9. The smallest absolute Gasteiger partial charge is 0.229 e. The van der Waals surface area contributed by atoms with Crippen LogP contribution in [-0.4, -0.2) is 43.6 Å². The Hall–Kier alpha value is -2.80. The highest BCUT2D eigenvalue weighted by Crippen LogP contribution is 2.35. The Labute approximate surface area is 177 Å². The molecule has 30 heavy (non-hydrogen) atoms. The molecule has 0 atom stereocenters. The van der Waals surface area contributed by atoms with Crippen molar-refractivity contribution in [3.05, 3.63) is 65.4 Å². The molecule has 1 aliphatic rings. The number of aromatic nitrogens is 1. The van der Waals surface area contributed by atoms with Crippen LogP contribution in [0, 0.1) is 6.92 Å². The number of piperidine rings is 1. The van der Waals surface area contributed by atoms with Gasteiger partial charge >= 0.3 is 0 Å². The molecule has 0 aliphatic carbocycles. The Balaban J connectivity index is 1.44. The van der Waals surface area contributed by atoms with E-state index in [-0.39, 0.29) is 12.3 Å². The molecule has 0 radical (unpaired) electrons. The van der Waals surface area contributed by atoms with Crippen molar-refractivity contribution in [2.24, 2.45) is 0 Å². The third-order valence-electron chi connectivity index (χ3n) is 5.85. The molecular formula is C23H27N3O3S. The summed E-state index contributed by atoms with van der Waals surface area (Å²) in [5.41, 5.74) is 4.92. The molecule has 3 aromatic rings. The lowest BCUT2D eigenvalue weighted by Gasteiger charge is -2.32. The van der Waals surface area contributed by atoms with Crippen LogP contribution in [0.1, 0.15) is 35.6 Å². The lowest BCUT2D eigenvalue weighted by molar-refractivity contribution is -0.131. The predicted molar refractivity (Wildman–Crippen MR) is 120 cm³/mol. The van der Waals surface area contributed by atoms with Gasteiger partial charge in [0.25, 0.3) is 0 Å². The minimum atomic E-state index is -3.39. The highest BCUT2D eigenvalue weighted by molar-refractivity contribution is 7.92. The van der Waals surface area contributed by atoms with Gasteiger partial charge in [-0.05, 0) is 48.9 Å². The van der Waals surface area contributed by atoms with E-state index in [9.17, 15) is 13.2 Å². The first-order chi connectivity index (χ1) is 14.3. The van der Waals surface area contributed by atoms with E-state index in [4.69, 9.17) is 0 Å². The van der Waals surface area contributed by atoms with Gasteiger partial charge in [0.05, 0.1) is 18.4 Å². The number of H-pyrrole nitrogens is 1. The largest absolute Gasteiger partial charge is 0.358 e. The normalized spacial score (nSPS) is 15.5. The molecule has 1 saturated heterocycles. The van der Waals surface area contributed by atoms with Gasteiger partial charge in [-0.1, -0.05) is 36.4 Å². The SMILES string of the molecule is Cc1[nH]c2ccccc2c1C1CCN(C(=O)Cc2ccccc2NS(C)(=O)=O)CC1.